The van der Waals surface area contributed by atoms with Crippen LogP contribution in [0.25, 0.3) is 10.2 Å². The van der Waals surface area contributed by atoms with E-state index in [4.69, 9.17) is 14.2 Å². The van der Waals surface area contributed by atoms with Gasteiger partial charge in [0.05, 0.1) is 12.0 Å². The predicted octanol–water partition coefficient (Wildman–Crippen LogP) is 3.23. The lowest BCUT2D eigenvalue weighted by molar-refractivity contribution is 0.0531. The molecule has 5 rings (SSSR count). The highest BCUT2D eigenvalue weighted by molar-refractivity contribution is 7.20. The molecule has 4 heterocycles. The second-order valence-corrected chi connectivity index (χ2v) is 8.60. The van der Waals surface area contributed by atoms with E-state index < -0.39 is 0 Å². The van der Waals surface area contributed by atoms with Crippen molar-refractivity contribution < 1.29 is 19.0 Å². The molecule has 0 spiro atoms. The van der Waals surface area contributed by atoms with Crippen molar-refractivity contribution in [2.24, 2.45) is 0 Å². The average molecular weight is 441 g/mol. The van der Waals surface area contributed by atoms with Crippen molar-refractivity contribution in [1.82, 2.24) is 14.9 Å². The number of hydrogen-bond donors (Lipinski definition) is 0. The fraction of sp³-hybridized carbons (Fsp3) is 0.409. The number of hydrogen-bond acceptors (Lipinski definition) is 9. The van der Waals surface area contributed by atoms with E-state index in [0.717, 1.165) is 65.8 Å². The zero-order chi connectivity index (χ0) is 21.4. The number of rotatable bonds is 5. The molecular weight excluding hydrogens is 416 g/mol. The Morgan fingerprint density at radius 1 is 1.16 bits per heavy atom. The van der Waals surface area contributed by atoms with Crippen LogP contribution in [0.1, 0.15) is 27.7 Å². The molecule has 2 aliphatic rings. The minimum atomic E-state index is -0.289. The number of anilines is 1. The van der Waals surface area contributed by atoms with Crippen molar-refractivity contribution in [3.05, 3.63) is 40.5 Å². The molecule has 2 aromatic heterocycles. The summed E-state index contributed by atoms with van der Waals surface area (Å²) in [7, 11) is 0. The highest BCUT2D eigenvalue weighted by atomic mass is 32.1. The molecule has 3 aromatic rings. The van der Waals surface area contributed by atoms with Crippen molar-refractivity contribution in [2.75, 3.05) is 44.5 Å². The molecule has 0 unspecified atom stereocenters. The number of fused-ring (bicyclic) bond motifs is 2. The highest BCUT2D eigenvalue weighted by Crippen LogP contribution is 2.36. The second kappa shape index (κ2) is 8.32. The van der Waals surface area contributed by atoms with Gasteiger partial charge >= 0.3 is 5.97 Å². The molecule has 0 atom stereocenters. The van der Waals surface area contributed by atoms with Crippen molar-refractivity contribution in [2.45, 2.75) is 20.4 Å². The SMILES string of the molecule is CCOC(=O)c1sc2ncnc(N3CCN(Cc4ccc5c(c4)OCO5)CC3)c2c1C. The largest absolute Gasteiger partial charge is 0.462 e. The van der Waals surface area contributed by atoms with Crippen LogP contribution in [0.4, 0.5) is 5.82 Å². The first kappa shape index (κ1) is 20.0. The number of piperazine rings is 1. The Morgan fingerprint density at radius 3 is 2.77 bits per heavy atom. The number of aryl methyl sites for hydroxylation is 1. The van der Waals surface area contributed by atoms with Gasteiger partial charge in [0.2, 0.25) is 6.79 Å². The summed E-state index contributed by atoms with van der Waals surface area (Å²) in [6.07, 6.45) is 1.58. The molecule has 9 heteroatoms. The third kappa shape index (κ3) is 3.79. The Bertz CT molecular complexity index is 1120. The number of carbonyl (C=O) groups is 1. The molecule has 0 N–H and O–H groups in total. The number of aromatic nitrogens is 2. The van der Waals surface area contributed by atoms with Crippen molar-refractivity contribution in [1.29, 1.82) is 0 Å². The average Bonchev–Trinajstić information content (AvgIpc) is 3.38. The molecule has 1 fully saturated rings. The monoisotopic (exact) mass is 440 g/mol. The Kier molecular flexibility index (Phi) is 5.37. The molecule has 31 heavy (non-hydrogen) atoms. The van der Waals surface area contributed by atoms with Crippen LogP contribution in [0.2, 0.25) is 0 Å². The van der Waals surface area contributed by atoms with Crippen molar-refractivity contribution in [3.8, 4) is 11.5 Å². The predicted molar refractivity (Wildman–Crippen MR) is 118 cm³/mol. The van der Waals surface area contributed by atoms with E-state index in [-0.39, 0.29) is 5.97 Å². The van der Waals surface area contributed by atoms with Gasteiger partial charge in [0, 0.05) is 32.7 Å². The van der Waals surface area contributed by atoms with Crippen LogP contribution in [0.5, 0.6) is 11.5 Å². The molecule has 0 bridgehead atoms. The lowest BCUT2D eigenvalue weighted by Gasteiger charge is -2.35. The molecule has 162 valence electrons. The van der Waals surface area contributed by atoms with Gasteiger partial charge in [-0.1, -0.05) is 6.07 Å². The fourth-order valence-corrected chi connectivity index (χ4v) is 5.14. The summed E-state index contributed by atoms with van der Waals surface area (Å²) >= 11 is 1.38. The minimum Gasteiger partial charge on any atom is -0.462 e. The smallest absolute Gasteiger partial charge is 0.348 e. The first-order chi connectivity index (χ1) is 15.1. The van der Waals surface area contributed by atoms with Gasteiger partial charge in [-0.2, -0.15) is 0 Å². The summed E-state index contributed by atoms with van der Waals surface area (Å²) in [4.78, 5) is 27.4. The van der Waals surface area contributed by atoms with Crippen LogP contribution >= 0.6 is 11.3 Å². The standard InChI is InChI=1S/C22H24N4O4S/c1-3-28-22(27)19-14(2)18-20(23-12-24-21(18)31-19)26-8-6-25(7-9-26)11-15-4-5-16-17(10-15)30-13-29-16/h4-5,10,12H,3,6-9,11,13H2,1-2H3. The van der Waals surface area contributed by atoms with Gasteiger partial charge in [-0.15, -0.1) is 11.3 Å². The van der Waals surface area contributed by atoms with Gasteiger partial charge in [-0.3, -0.25) is 4.90 Å². The summed E-state index contributed by atoms with van der Waals surface area (Å²) in [5.74, 6) is 2.25. The molecule has 1 aromatic carbocycles. The molecule has 0 amide bonds. The highest BCUT2D eigenvalue weighted by Gasteiger charge is 2.25. The summed E-state index contributed by atoms with van der Waals surface area (Å²) in [5.41, 5.74) is 2.12. The quantitative estimate of drug-likeness (QED) is 0.560. The van der Waals surface area contributed by atoms with Crippen molar-refractivity contribution in [3.63, 3.8) is 0 Å². The first-order valence-electron chi connectivity index (χ1n) is 10.4. The van der Waals surface area contributed by atoms with Crippen LogP contribution in [0.15, 0.2) is 24.5 Å². The van der Waals surface area contributed by atoms with E-state index in [1.54, 1.807) is 6.33 Å². The van der Waals surface area contributed by atoms with Crippen LogP contribution in [0.3, 0.4) is 0 Å². The van der Waals surface area contributed by atoms with E-state index in [2.05, 4.69) is 31.9 Å². The van der Waals surface area contributed by atoms with E-state index in [0.29, 0.717) is 18.3 Å². The van der Waals surface area contributed by atoms with Crippen LogP contribution in [-0.4, -0.2) is 60.4 Å². The summed E-state index contributed by atoms with van der Waals surface area (Å²) < 4.78 is 16.1. The summed E-state index contributed by atoms with van der Waals surface area (Å²) in [5, 5.41) is 0.958. The lowest BCUT2D eigenvalue weighted by Crippen LogP contribution is -2.46. The van der Waals surface area contributed by atoms with Gasteiger partial charge < -0.3 is 19.1 Å². The molecule has 2 aliphatic heterocycles. The third-order valence-corrected chi connectivity index (χ3v) is 6.86. The van der Waals surface area contributed by atoms with E-state index in [1.165, 1.54) is 16.9 Å². The van der Waals surface area contributed by atoms with Crippen LogP contribution < -0.4 is 14.4 Å². The van der Waals surface area contributed by atoms with Gasteiger partial charge in [-0.25, -0.2) is 14.8 Å². The zero-order valence-corrected chi connectivity index (χ0v) is 18.4. The molecule has 0 aliphatic carbocycles. The topological polar surface area (TPSA) is 77.0 Å². The third-order valence-electron chi connectivity index (χ3n) is 5.68. The zero-order valence-electron chi connectivity index (χ0n) is 17.6. The lowest BCUT2D eigenvalue weighted by atomic mass is 10.1. The Morgan fingerprint density at radius 2 is 1.97 bits per heavy atom. The van der Waals surface area contributed by atoms with Crippen molar-refractivity contribution >= 4 is 33.3 Å². The molecule has 8 nitrogen and oxygen atoms in total. The number of benzene rings is 1. The Labute approximate surface area is 184 Å². The maximum atomic E-state index is 12.3. The molecular formula is C22H24N4O4S. The molecule has 1 saturated heterocycles. The van der Waals surface area contributed by atoms with E-state index >= 15 is 0 Å². The molecule has 0 saturated carbocycles. The normalized spacial score (nSPS) is 16.1. The van der Waals surface area contributed by atoms with Gasteiger partial charge in [0.15, 0.2) is 11.5 Å². The summed E-state index contributed by atoms with van der Waals surface area (Å²) in [6.45, 7) is 8.86. The molecule has 0 radical (unpaired) electrons. The Hall–Kier alpha value is -2.91. The van der Waals surface area contributed by atoms with Gasteiger partial charge in [0.25, 0.3) is 0 Å². The first-order valence-corrected chi connectivity index (χ1v) is 11.2. The number of thiophene rings is 1. The number of nitrogens with zero attached hydrogens (tertiary/aromatic N) is 4. The maximum Gasteiger partial charge on any atom is 0.348 e. The maximum absolute atomic E-state index is 12.3. The van der Waals surface area contributed by atoms with E-state index in [1.807, 2.05) is 19.9 Å². The summed E-state index contributed by atoms with van der Waals surface area (Å²) in [6, 6.07) is 6.14. The van der Waals surface area contributed by atoms with Crippen LogP contribution in [-0.2, 0) is 11.3 Å². The van der Waals surface area contributed by atoms with Gasteiger partial charge in [0.1, 0.15) is 21.9 Å². The van der Waals surface area contributed by atoms with E-state index in [9.17, 15) is 4.79 Å². The van der Waals surface area contributed by atoms with Gasteiger partial charge in [-0.05, 0) is 37.1 Å². The number of carbonyl (C=O) groups excluding carboxylic acids is 1. The van der Waals surface area contributed by atoms with Crippen LogP contribution in [0, 0.1) is 6.92 Å². The minimum absolute atomic E-state index is 0.289. The number of esters is 1. The second-order valence-electron chi connectivity index (χ2n) is 7.60. The Balaban J connectivity index is 1.30. The fourth-order valence-electron chi connectivity index (χ4n) is 4.10. The number of ether oxygens (including phenoxy) is 3.